The number of aromatic nitrogens is 2. The first-order chi connectivity index (χ1) is 9.47. The number of amides is 1. The maximum atomic E-state index is 12.6. The lowest BCUT2D eigenvalue weighted by Crippen LogP contribution is -2.40. The highest BCUT2D eigenvalue weighted by Gasteiger charge is 2.40. The summed E-state index contributed by atoms with van der Waals surface area (Å²) in [5.74, 6) is -1.29. The molecular weight excluding hydrogens is 262 g/mol. The normalized spacial score (nSPS) is 22.2. The summed E-state index contributed by atoms with van der Waals surface area (Å²) in [6.45, 7) is 2.21. The number of ether oxygens (including phenoxy) is 1. The lowest BCUT2D eigenvalue weighted by atomic mass is 10.1. The van der Waals surface area contributed by atoms with E-state index in [4.69, 9.17) is 4.74 Å². The van der Waals surface area contributed by atoms with Crippen LogP contribution in [0.15, 0.2) is 6.20 Å². The van der Waals surface area contributed by atoms with Crippen molar-refractivity contribution >= 4 is 11.9 Å². The molecule has 1 aliphatic rings. The number of carboxylic acid groups (broad SMARTS) is 1. The highest BCUT2D eigenvalue weighted by Crippen LogP contribution is 2.23. The Labute approximate surface area is 117 Å². The Morgan fingerprint density at radius 2 is 2.25 bits per heavy atom. The molecule has 1 amide bonds. The van der Waals surface area contributed by atoms with Gasteiger partial charge in [0.25, 0.3) is 5.91 Å². The second-order valence-corrected chi connectivity index (χ2v) is 4.92. The van der Waals surface area contributed by atoms with Crippen LogP contribution in [-0.2, 0) is 23.0 Å². The summed E-state index contributed by atoms with van der Waals surface area (Å²) in [6.07, 6.45) is 2.35. The number of hydrogen-bond donors (Lipinski definition) is 1. The summed E-state index contributed by atoms with van der Waals surface area (Å²) in [7, 11) is 3.27. The predicted molar refractivity (Wildman–Crippen MR) is 70.5 cm³/mol. The monoisotopic (exact) mass is 281 g/mol. The third-order valence-corrected chi connectivity index (χ3v) is 3.61. The Bertz CT molecular complexity index is 526. The Balaban J connectivity index is 2.28. The van der Waals surface area contributed by atoms with Crippen molar-refractivity contribution in [2.75, 3.05) is 13.7 Å². The zero-order valence-electron chi connectivity index (χ0n) is 11.9. The van der Waals surface area contributed by atoms with Gasteiger partial charge in [0.15, 0.2) is 0 Å². The summed E-state index contributed by atoms with van der Waals surface area (Å²) in [4.78, 5) is 25.2. The van der Waals surface area contributed by atoms with E-state index >= 15 is 0 Å². The van der Waals surface area contributed by atoms with Crippen LogP contribution >= 0.6 is 0 Å². The van der Waals surface area contributed by atoms with Crippen LogP contribution in [0.4, 0.5) is 0 Å². The van der Waals surface area contributed by atoms with Gasteiger partial charge in [-0.25, -0.2) is 4.79 Å². The molecule has 0 spiro atoms. The van der Waals surface area contributed by atoms with E-state index in [1.54, 1.807) is 17.9 Å². The number of aryl methyl sites for hydroxylation is 2. The van der Waals surface area contributed by atoms with Gasteiger partial charge in [-0.15, -0.1) is 0 Å². The van der Waals surface area contributed by atoms with E-state index < -0.39 is 12.0 Å². The molecule has 0 aliphatic carbocycles. The number of nitrogens with zero attached hydrogens (tertiary/aromatic N) is 3. The summed E-state index contributed by atoms with van der Waals surface area (Å²) < 4.78 is 6.77. The Morgan fingerprint density at radius 3 is 2.80 bits per heavy atom. The molecule has 110 valence electrons. The summed E-state index contributed by atoms with van der Waals surface area (Å²) in [6, 6.07) is -0.836. The van der Waals surface area contributed by atoms with E-state index in [-0.39, 0.29) is 12.0 Å². The lowest BCUT2D eigenvalue weighted by Gasteiger charge is -2.20. The second kappa shape index (κ2) is 5.62. The maximum absolute atomic E-state index is 12.6. The van der Waals surface area contributed by atoms with E-state index in [1.807, 2.05) is 6.92 Å². The average molecular weight is 281 g/mol. The van der Waals surface area contributed by atoms with Crippen molar-refractivity contribution in [3.8, 4) is 0 Å². The van der Waals surface area contributed by atoms with Crippen molar-refractivity contribution in [3.05, 3.63) is 17.5 Å². The fourth-order valence-electron chi connectivity index (χ4n) is 2.56. The van der Waals surface area contributed by atoms with E-state index in [1.165, 1.54) is 12.0 Å². The molecule has 0 bridgehead atoms. The third kappa shape index (κ3) is 2.53. The summed E-state index contributed by atoms with van der Waals surface area (Å²) in [5, 5.41) is 13.5. The number of carbonyl (C=O) groups excluding carboxylic acids is 1. The minimum atomic E-state index is -1.00. The van der Waals surface area contributed by atoms with E-state index in [9.17, 15) is 14.7 Å². The predicted octanol–water partition coefficient (Wildman–Crippen LogP) is 0.297. The zero-order chi connectivity index (χ0) is 14.9. The highest BCUT2D eigenvalue weighted by atomic mass is 16.5. The smallest absolute Gasteiger partial charge is 0.326 e. The van der Waals surface area contributed by atoms with E-state index in [2.05, 4.69) is 5.10 Å². The molecule has 1 N–H and O–H groups in total. The molecule has 20 heavy (non-hydrogen) atoms. The molecule has 1 aromatic heterocycles. The number of aliphatic carboxylic acids is 1. The maximum Gasteiger partial charge on any atom is 0.326 e. The molecule has 7 heteroatoms. The van der Waals surface area contributed by atoms with Gasteiger partial charge in [-0.1, -0.05) is 6.92 Å². The van der Waals surface area contributed by atoms with Gasteiger partial charge in [0.1, 0.15) is 6.04 Å². The van der Waals surface area contributed by atoms with Gasteiger partial charge in [-0.3, -0.25) is 9.48 Å². The van der Waals surface area contributed by atoms with Crippen LogP contribution in [0.25, 0.3) is 0 Å². The first-order valence-corrected chi connectivity index (χ1v) is 6.57. The molecule has 1 fully saturated rings. The summed E-state index contributed by atoms with van der Waals surface area (Å²) in [5.41, 5.74) is 1.15. The van der Waals surface area contributed by atoms with Gasteiger partial charge < -0.3 is 14.7 Å². The van der Waals surface area contributed by atoms with Crippen molar-refractivity contribution in [1.29, 1.82) is 0 Å². The van der Waals surface area contributed by atoms with Gasteiger partial charge >= 0.3 is 5.97 Å². The van der Waals surface area contributed by atoms with Crippen LogP contribution in [0.3, 0.4) is 0 Å². The van der Waals surface area contributed by atoms with Crippen molar-refractivity contribution < 1.29 is 19.4 Å². The van der Waals surface area contributed by atoms with Gasteiger partial charge in [-0.05, 0) is 6.42 Å². The highest BCUT2D eigenvalue weighted by molar-refractivity contribution is 5.97. The molecule has 0 saturated carbocycles. The topological polar surface area (TPSA) is 84.7 Å². The molecular formula is C13H19N3O4. The van der Waals surface area contributed by atoms with Crippen LogP contribution in [-0.4, -0.2) is 57.5 Å². The fourth-order valence-corrected chi connectivity index (χ4v) is 2.56. The van der Waals surface area contributed by atoms with Crippen LogP contribution in [0.2, 0.25) is 0 Å². The van der Waals surface area contributed by atoms with Crippen LogP contribution in [0, 0.1) is 0 Å². The molecule has 0 aromatic carbocycles. The average Bonchev–Trinajstić information content (AvgIpc) is 3.00. The number of carboxylic acids is 1. The van der Waals surface area contributed by atoms with Crippen LogP contribution in [0.5, 0.6) is 0 Å². The molecule has 0 radical (unpaired) electrons. The lowest BCUT2D eigenvalue weighted by molar-refractivity contribution is -0.141. The van der Waals surface area contributed by atoms with Gasteiger partial charge in [0.05, 0.1) is 17.4 Å². The molecule has 2 heterocycles. The van der Waals surface area contributed by atoms with Crippen molar-refractivity contribution in [3.63, 3.8) is 0 Å². The van der Waals surface area contributed by atoms with Crippen molar-refractivity contribution in [2.24, 2.45) is 7.05 Å². The Morgan fingerprint density at radius 1 is 1.55 bits per heavy atom. The first kappa shape index (κ1) is 14.5. The quantitative estimate of drug-likeness (QED) is 0.858. The van der Waals surface area contributed by atoms with Gasteiger partial charge in [-0.2, -0.15) is 5.10 Å². The molecule has 1 saturated heterocycles. The molecule has 2 atom stereocenters. The number of carbonyl (C=O) groups is 2. The van der Waals surface area contributed by atoms with Gasteiger partial charge in [0, 0.05) is 33.3 Å². The largest absolute Gasteiger partial charge is 0.480 e. The Kier molecular flexibility index (Phi) is 4.08. The molecule has 2 rings (SSSR count). The number of methoxy groups -OCH3 is 1. The van der Waals surface area contributed by atoms with E-state index in [0.717, 1.165) is 0 Å². The number of rotatable bonds is 4. The van der Waals surface area contributed by atoms with E-state index in [0.29, 0.717) is 30.6 Å². The molecule has 1 aromatic rings. The van der Waals surface area contributed by atoms with Crippen LogP contribution in [0.1, 0.15) is 29.4 Å². The van der Waals surface area contributed by atoms with Crippen LogP contribution < -0.4 is 0 Å². The zero-order valence-corrected chi connectivity index (χ0v) is 11.9. The fraction of sp³-hybridized carbons (Fsp3) is 0.615. The number of likely N-dealkylation sites (tertiary alicyclic amines) is 1. The SMILES string of the molecule is CCc1nn(C)cc1C(=O)N1CC(OC)CC1C(=O)O. The standard InChI is InChI=1S/C13H19N3O4/c1-4-10-9(7-15(2)14-10)12(17)16-6-8(20-3)5-11(16)13(18)19/h7-8,11H,4-6H2,1-3H3,(H,18,19). The molecule has 1 aliphatic heterocycles. The number of hydrogen-bond acceptors (Lipinski definition) is 4. The molecule has 2 unspecified atom stereocenters. The minimum absolute atomic E-state index is 0.234. The third-order valence-electron chi connectivity index (χ3n) is 3.61. The minimum Gasteiger partial charge on any atom is -0.480 e. The first-order valence-electron chi connectivity index (χ1n) is 6.57. The van der Waals surface area contributed by atoms with Crippen molar-refractivity contribution in [1.82, 2.24) is 14.7 Å². The second-order valence-electron chi connectivity index (χ2n) is 4.92. The van der Waals surface area contributed by atoms with Crippen molar-refractivity contribution in [2.45, 2.75) is 31.9 Å². The molecule has 7 nitrogen and oxygen atoms in total. The Hall–Kier alpha value is -1.89. The summed E-state index contributed by atoms with van der Waals surface area (Å²) >= 11 is 0. The van der Waals surface area contributed by atoms with Gasteiger partial charge in [0.2, 0.25) is 0 Å².